The lowest BCUT2D eigenvalue weighted by Crippen LogP contribution is -2.35. The molecule has 0 aliphatic rings. The molecule has 0 saturated carbocycles. The van der Waals surface area contributed by atoms with Crippen LogP contribution in [0.3, 0.4) is 0 Å². The zero-order chi connectivity index (χ0) is 67.8. The molecule has 0 unspecified atom stereocenters. The first-order valence-electron chi connectivity index (χ1n) is 24.0. The number of nitrogens with zero attached hydrogens (tertiary/aromatic N) is 2. The molecule has 0 fully saturated rings. The number of aliphatic hydroxyl groups excluding tert-OH is 1. The van der Waals surface area contributed by atoms with E-state index in [0.29, 0.717) is 44.6 Å². The Morgan fingerprint density at radius 3 is 0.978 bits per heavy atom. The number of aromatic carboxylic acids is 2. The van der Waals surface area contributed by atoms with Crippen molar-refractivity contribution in [2.75, 3.05) is 78.3 Å². The van der Waals surface area contributed by atoms with E-state index in [9.17, 15) is 63.0 Å². The van der Waals surface area contributed by atoms with Gasteiger partial charge in [-0.15, -0.1) is 0 Å². The molecule has 0 aliphatic heterocycles. The highest BCUT2D eigenvalue weighted by Gasteiger charge is 2.33. The maximum atomic E-state index is 13.5. The number of hydrogen-bond acceptors (Lipinski definition) is 17. The van der Waals surface area contributed by atoms with E-state index in [1.54, 1.807) is 104 Å². The molecule has 4 rings (SSSR count). The predicted octanol–water partition coefficient (Wildman–Crippen LogP) is 8.89. The van der Waals surface area contributed by atoms with Crippen LogP contribution in [-0.4, -0.2) is 160 Å². The Bertz CT molecular complexity index is 3680. The van der Waals surface area contributed by atoms with Crippen LogP contribution in [-0.2, 0) is 28.6 Å². The van der Waals surface area contributed by atoms with Crippen LogP contribution in [0.4, 0.5) is 22.7 Å². The molecule has 0 heterocycles. The second-order valence-corrected chi connectivity index (χ2v) is 29.6. The molecular formula is C50H44I12N10O17. The fourth-order valence-electron chi connectivity index (χ4n) is 6.84. The Morgan fingerprint density at radius 2 is 0.685 bits per heavy atom. The summed E-state index contributed by atoms with van der Waals surface area (Å²) in [4.78, 5) is 148. The van der Waals surface area contributed by atoms with Gasteiger partial charge in [-0.2, -0.15) is 0 Å². The molecule has 8 amide bonds. The minimum Gasteiger partial charge on any atom is -0.484 e. The third-order valence-corrected chi connectivity index (χ3v) is 23.9. The number of nitrogens with one attached hydrogen (secondary N) is 8. The van der Waals surface area contributed by atoms with Gasteiger partial charge in [0.2, 0.25) is 11.8 Å². The van der Waals surface area contributed by atoms with Crippen LogP contribution >= 0.6 is 271 Å². The summed E-state index contributed by atoms with van der Waals surface area (Å²) in [6.45, 7) is 2.93. The maximum Gasteiger partial charge on any atom is 0.337 e. The number of carbonyl (C=O) groups excluding carboxylic acids is 9. The third-order valence-electron chi connectivity index (χ3n) is 11.0. The largest absolute Gasteiger partial charge is 0.484 e. The number of carboxylic acid groups (broad SMARTS) is 2. The number of esters is 1. The fourth-order valence-corrected chi connectivity index (χ4v) is 24.4. The van der Waals surface area contributed by atoms with Gasteiger partial charge in [0.15, 0.2) is 11.8 Å². The molecule has 0 aliphatic carbocycles. The molecule has 480 valence electrons. The summed E-state index contributed by atoms with van der Waals surface area (Å²) in [7, 11) is 5.80. The van der Waals surface area contributed by atoms with E-state index in [4.69, 9.17) is 19.3 Å². The van der Waals surface area contributed by atoms with Crippen LogP contribution in [0, 0.1) is 42.8 Å². The third kappa shape index (κ3) is 21.1. The lowest BCUT2D eigenvalue weighted by molar-refractivity contribution is -0.140. The average molecular weight is 2580 g/mol. The van der Waals surface area contributed by atoms with Gasteiger partial charge in [-0.25, -0.2) is 19.6 Å². The van der Waals surface area contributed by atoms with E-state index in [1.807, 2.05) is 181 Å². The van der Waals surface area contributed by atoms with Crippen LogP contribution in [0.15, 0.2) is 9.98 Å². The lowest BCUT2D eigenvalue weighted by Gasteiger charge is -2.19. The SMILES string of the molecule is CNC(=O)c1c(I)c(N=C(C)OC)c(I)c(C(=O)NCC(=O)Nc2c(I)c(C(=O)O)c(I)c(C(=O)NCCO)c2I)c1I.CNC(=O)c1c(I)c(N=C(C)OC)c(I)c(C(=O)NCC(=O)Nc2c(I)c(C(=O)O)c(I)c(C(=O)NCCOC(C)=O)c2I)c1I. The quantitative estimate of drug-likeness (QED) is 0.0122. The number of methoxy groups -OCH3 is 2. The first-order chi connectivity index (χ1) is 41.6. The van der Waals surface area contributed by atoms with E-state index < -0.39 is 78.3 Å². The monoisotopic (exact) mass is 2580 g/mol. The molecule has 0 saturated heterocycles. The number of anilines is 2. The first kappa shape index (κ1) is 81.9. The van der Waals surface area contributed by atoms with E-state index in [0.717, 1.165) is 0 Å². The smallest absolute Gasteiger partial charge is 0.337 e. The van der Waals surface area contributed by atoms with Crippen molar-refractivity contribution >= 4 is 371 Å². The van der Waals surface area contributed by atoms with Crippen molar-refractivity contribution in [3.63, 3.8) is 0 Å². The Labute approximate surface area is 670 Å². The zero-order valence-corrected chi connectivity index (χ0v) is 72.1. The summed E-state index contributed by atoms with van der Waals surface area (Å²) >= 11 is 22.4. The minimum atomic E-state index is -1.32. The van der Waals surface area contributed by atoms with Gasteiger partial charge in [-0.1, -0.05) is 0 Å². The first-order valence-corrected chi connectivity index (χ1v) is 37.0. The topological polar surface area (TPSA) is 397 Å². The summed E-state index contributed by atoms with van der Waals surface area (Å²) in [6, 6.07) is 0. The molecule has 0 radical (unpaired) electrons. The number of aliphatic imine (C=N–C) groups is 2. The summed E-state index contributed by atoms with van der Waals surface area (Å²) in [5, 5.41) is 49.3. The number of benzene rings is 4. The number of hydrogen-bond donors (Lipinski definition) is 11. The number of rotatable bonds is 21. The highest BCUT2D eigenvalue weighted by Crippen LogP contribution is 2.41. The standard InChI is InChI=1S/C26H23I6N5O9.C24H21I6N5O8/c1-8(45-4)36-21-17(29)11(23(40)33-3)15(27)12(18(21)30)25(42)35-7-10(39)37-22-19(31)13(16(28)14(20(22)32)26(43)44)24(41)34-5-6-46-9(2)38;1-7(43-3)34-19-15(27)9(21(38)31-2)13(25)10(16(19)28)23(40)33-6-8(37)35-20-17(29)11(22(39)32-4-5-36)14(26)12(18(20)30)24(41)42/h5-7H2,1-4H3,(H,33,40)(H,34,41)(H,35,42)(H,37,39)(H,43,44);36H,4-6H2,1-3H3,(H,31,38)(H,32,39)(H,33,40)(H,35,37)(H,41,42). The number of aliphatic hydroxyl groups is 1. The molecule has 4 aromatic carbocycles. The van der Waals surface area contributed by atoms with Crippen molar-refractivity contribution in [3.05, 3.63) is 87.3 Å². The molecule has 0 aromatic heterocycles. The molecule has 39 heteroatoms. The highest BCUT2D eigenvalue weighted by atomic mass is 127. The number of ether oxygens (including phenoxy) is 3. The molecule has 11 N–H and O–H groups in total. The normalized spacial score (nSPS) is 11.0. The van der Waals surface area contributed by atoms with Gasteiger partial charge in [0.25, 0.3) is 35.4 Å². The maximum absolute atomic E-state index is 13.5. The Morgan fingerprint density at radius 1 is 0.404 bits per heavy atom. The van der Waals surface area contributed by atoms with Gasteiger partial charge < -0.3 is 72.1 Å². The lowest BCUT2D eigenvalue weighted by atomic mass is 10.1. The number of halogens is 12. The van der Waals surface area contributed by atoms with Gasteiger partial charge >= 0.3 is 17.9 Å². The van der Waals surface area contributed by atoms with Crippen molar-refractivity contribution in [3.8, 4) is 0 Å². The van der Waals surface area contributed by atoms with Crippen molar-refractivity contribution in [2.45, 2.75) is 20.8 Å². The fraction of sp³-hybridized carbons (Fsp3) is 0.260. The molecule has 89 heavy (non-hydrogen) atoms. The van der Waals surface area contributed by atoms with Crippen molar-refractivity contribution in [1.29, 1.82) is 0 Å². The highest BCUT2D eigenvalue weighted by molar-refractivity contribution is 14.1. The number of carboxylic acids is 2. The number of amides is 8. The Balaban J connectivity index is 0.000000466. The van der Waals surface area contributed by atoms with Crippen LogP contribution in [0.25, 0.3) is 0 Å². The van der Waals surface area contributed by atoms with Crippen LogP contribution in [0.1, 0.15) is 104 Å². The van der Waals surface area contributed by atoms with Crippen LogP contribution < -0.4 is 42.5 Å². The molecule has 4 aromatic rings. The van der Waals surface area contributed by atoms with Gasteiger partial charge in [-0.05, 0) is 271 Å². The molecular weight excluding hydrogens is 2540 g/mol. The Kier molecular flexibility index (Phi) is 35.4. The van der Waals surface area contributed by atoms with Gasteiger partial charge in [-0.3, -0.25) is 43.2 Å². The number of carbonyl (C=O) groups is 11. The van der Waals surface area contributed by atoms with Crippen molar-refractivity contribution < 1.29 is 82.3 Å². The second kappa shape index (κ2) is 38.5. The van der Waals surface area contributed by atoms with E-state index in [-0.39, 0.29) is 104 Å². The predicted molar refractivity (Wildman–Crippen MR) is 429 cm³/mol. The van der Waals surface area contributed by atoms with Crippen LogP contribution in [0.2, 0.25) is 0 Å². The van der Waals surface area contributed by atoms with E-state index >= 15 is 0 Å². The Hall–Kier alpha value is -1.29. The summed E-state index contributed by atoms with van der Waals surface area (Å²) < 4.78 is 18.9. The zero-order valence-electron chi connectivity index (χ0n) is 46.2. The van der Waals surface area contributed by atoms with Gasteiger partial charge in [0, 0.05) is 55.7 Å². The van der Waals surface area contributed by atoms with E-state index in [1.165, 1.54) is 35.2 Å². The molecule has 0 bridgehead atoms. The summed E-state index contributed by atoms with van der Waals surface area (Å²) in [6.07, 6.45) is 0. The average Bonchev–Trinajstić information content (AvgIpc) is 2.49. The summed E-state index contributed by atoms with van der Waals surface area (Å²) in [5.74, 6) is -7.40. The minimum absolute atomic E-state index is 0.00494. The molecule has 0 spiro atoms. The van der Waals surface area contributed by atoms with Crippen LogP contribution in [0.5, 0.6) is 0 Å². The van der Waals surface area contributed by atoms with E-state index in [2.05, 4.69) is 52.5 Å². The molecule has 27 nitrogen and oxygen atoms in total. The second-order valence-electron chi connectivity index (χ2n) is 16.7. The van der Waals surface area contributed by atoms with Crippen molar-refractivity contribution in [1.82, 2.24) is 31.9 Å². The summed E-state index contributed by atoms with van der Waals surface area (Å²) in [5.41, 5.74) is 1.20. The van der Waals surface area contributed by atoms with Gasteiger partial charge in [0.1, 0.15) is 6.61 Å². The molecule has 0 atom stereocenters. The van der Waals surface area contributed by atoms with Gasteiger partial charge in [0.05, 0.1) is 136 Å². The van der Waals surface area contributed by atoms with Crippen molar-refractivity contribution in [2.24, 2.45) is 9.98 Å².